The van der Waals surface area contributed by atoms with Crippen LogP contribution in [0.1, 0.15) is 31.2 Å². The van der Waals surface area contributed by atoms with Crippen LogP contribution < -0.4 is 0 Å². The van der Waals surface area contributed by atoms with Crippen LogP contribution in [0.5, 0.6) is 0 Å². The average Bonchev–Trinajstić information content (AvgIpc) is 2.91. The van der Waals surface area contributed by atoms with Gasteiger partial charge in [0.2, 0.25) is 0 Å². The van der Waals surface area contributed by atoms with E-state index in [4.69, 9.17) is 4.74 Å². The molecule has 1 rings (SSSR count). The first-order valence-corrected chi connectivity index (χ1v) is 6.99. The first kappa shape index (κ1) is 14.9. The number of ether oxygens (including phenoxy) is 1. The van der Waals surface area contributed by atoms with Gasteiger partial charge in [0, 0.05) is 23.0 Å². The number of thiophene rings is 1. The smallest absolute Gasteiger partial charge is 0.333 e. The standard InChI is InChI=1S/C14H21NO2S/c1-5-12(14(16)17-4)8-9-15(3)11(2)13-7-6-10-18-13/h6-8,10-11H,5,9H2,1-4H3. The molecule has 1 aromatic rings. The van der Waals surface area contributed by atoms with Crippen LogP contribution >= 0.6 is 11.3 Å². The van der Waals surface area contributed by atoms with Crippen LogP contribution in [0, 0.1) is 0 Å². The van der Waals surface area contributed by atoms with E-state index in [2.05, 4.69) is 36.4 Å². The highest BCUT2D eigenvalue weighted by atomic mass is 32.1. The van der Waals surface area contributed by atoms with Gasteiger partial charge in [-0.05, 0) is 31.8 Å². The fourth-order valence-corrected chi connectivity index (χ4v) is 2.51. The highest BCUT2D eigenvalue weighted by Crippen LogP contribution is 2.23. The average molecular weight is 267 g/mol. The van der Waals surface area contributed by atoms with Crippen LogP contribution in [0.2, 0.25) is 0 Å². The summed E-state index contributed by atoms with van der Waals surface area (Å²) in [6.07, 6.45) is 2.66. The van der Waals surface area contributed by atoms with Gasteiger partial charge in [-0.25, -0.2) is 4.79 Å². The molecule has 18 heavy (non-hydrogen) atoms. The van der Waals surface area contributed by atoms with Crippen molar-refractivity contribution < 1.29 is 9.53 Å². The maximum Gasteiger partial charge on any atom is 0.333 e. The number of hydrogen-bond acceptors (Lipinski definition) is 4. The Labute approximate surface area is 113 Å². The Balaban J connectivity index is 2.61. The molecule has 0 amide bonds. The molecule has 0 radical (unpaired) electrons. The summed E-state index contributed by atoms with van der Waals surface area (Å²) in [6.45, 7) is 4.88. The molecule has 0 saturated heterocycles. The van der Waals surface area contributed by atoms with Crippen LogP contribution in [-0.2, 0) is 9.53 Å². The Morgan fingerprint density at radius 1 is 1.61 bits per heavy atom. The topological polar surface area (TPSA) is 29.5 Å². The molecule has 0 bridgehead atoms. The number of esters is 1. The van der Waals surface area contributed by atoms with Gasteiger partial charge in [-0.3, -0.25) is 4.90 Å². The minimum atomic E-state index is -0.227. The van der Waals surface area contributed by atoms with Crippen LogP contribution in [0.25, 0.3) is 0 Å². The Morgan fingerprint density at radius 2 is 2.33 bits per heavy atom. The van der Waals surface area contributed by atoms with Crippen molar-refractivity contribution in [1.82, 2.24) is 4.90 Å². The molecule has 0 aromatic carbocycles. The largest absolute Gasteiger partial charge is 0.466 e. The van der Waals surface area contributed by atoms with Crippen LogP contribution in [0.3, 0.4) is 0 Å². The van der Waals surface area contributed by atoms with Crippen molar-refractivity contribution in [2.75, 3.05) is 20.7 Å². The first-order chi connectivity index (χ1) is 8.60. The van der Waals surface area contributed by atoms with Crippen molar-refractivity contribution in [3.63, 3.8) is 0 Å². The SMILES string of the molecule is CCC(=CCN(C)C(C)c1cccs1)C(=O)OC. The maximum absolute atomic E-state index is 11.4. The molecule has 0 saturated carbocycles. The lowest BCUT2D eigenvalue weighted by atomic mass is 10.2. The van der Waals surface area contributed by atoms with Crippen LogP contribution in [0.4, 0.5) is 0 Å². The number of carbonyl (C=O) groups excluding carboxylic acids is 1. The van der Waals surface area contributed by atoms with E-state index in [1.54, 1.807) is 11.3 Å². The highest BCUT2D eigenvalue weighted by Gasteiger charge is 2.12. The summed E-state index contributed by atoms with van der Waals surface area (Å²) in [5.74, 6) is -0.227. The highest BCUT2D eigenvalue weighted by molar-refractivity contribution is 7.10. The second kappa shape index (κ2) is 7.34. The molecule has 0 spiro atoms. The van der Waals surface area contributed by atoms with E-state index in [1.165, 1.54) is 12.0 Å². The van der Waals surface area contributed by atoms with Gasteiger partial charge in [0.1, 0.15) is 0 Å². The Kier molecular flexibility index (Phi) is 6.09. The minimum absolute atomic E-state index is 0.227. The molecule has 1 aromatic heterocycles. The van der Waals surface area contributed by atoms with Crippen LogP contribution in [0.15, 0.2) is 29.2 Å². The molecular formula is C14H21NO2S. The van der Waals surface area contributed by atoms with Crippen molar-refractivity contribution >= 4 is 17.3 Å². The first-order valence-electron chi connectivity index (χ1n) is 6.11. The molecule has 0 aliphatic heterocycles. The molecule has 0 aliphatic rings. The lowest BCUT2D eigenvalue weighted by Gasteiger charge is -2.22. The van der Waals surface area contributed by atoms with E-state index in [1.807, 2.05) is 13.0 Å². The molecule has 0 aliphatic carbocycles. The Morgan fingerprint density at radius 3 is 2.83 bits per heavy atom. The molecular weight excluding hydrogens is 246 g/mol. The van der Waals surface area contributed by atoms with E-state index in [0.717, 1.165) is 12.1 Å². The van der Waals surface area contributed by atoms with E-state index in [0.29, 0.717) is 12.5 Å². The van der Waals surface area contributed by atoms with E-state index < -0.39 is 0 Å². The lowest BCUT2D eigenvalue weighted by Crippen LogP contribution is -2.22. The zero-order valence-electron chi connectivity index (χ0n) is 11.5. The fraction of sp³-hybridized carbons (Fsp3) is 0.500. The Bertz CT molecular complexity index is 398. The predicted molar refractivity (Wildman–Crippen MR) is 75.8 cm³/mol. The van der Waals surface area contributed by atoms with Crippen molar-refractivity contribution in [1.29, 1.82) is 0 Å². The summed E-state index contributed by atoms with van der Waals surface area (Å²) in [5, 5.41) is 2.08. The summed E-state index contributed by atoms with van der Waals surface area (Å²) in [4.78, 5) is 15.0. The zero-order chi connectivity index (χ0) is 13.5. The molecule has 3 nitrogen and oxygen atoms in total. The van der Waals surface area contributed by atoms with Gasteiger partial charge < -0.3 is 4.74 Å². The predicted octanol–water partition coefficient (Wildman–Crippen LogP) is 3.25. The minimum Gasteiger partial charge on any atom is -0.466 e. The summed E-state index contributed by atoms with van der Waals surface area (Å²) in [5.41, 5.74) is 0.739. The van der Waals surface area contributed by atoms with Crippen molar-refractivity contribution in [3.05, 3.63) is 34.0 Å². The van der Waals surface area contributed by atoms with Gasteiger partial charge in [0.05, 0.1) is 7.11 Å². The van der Waals surface area contributed by atoms with E-state index >= 15 is 0 Å². The number of hydrogen-bond donors (Lipinski definition) is 0. The van der Waals surface area contributed by atoms with Gasteiger partial charge in [0.15, 0.2) is 0 Å². The molecule has 1 unspecified atom stereocenters. The number of rotatable bonds is 6. The van der Waals surface area contributed by atoms with Gasteiger partial charge >= 0.3 is 5.97 Å². The van der Waals surface area contributed by atoms with E-state index in [-0.39, 0.29) is 5.97 Å². The second-order valence-electron chi connectivity index (χ2n) is 4.21. The van der Waals surface area contributed by atoms with Crippen molar-refractivity contribution in [3.8, 4) is 0 Å². The van der Waals surface area contributed by atoms with Gasteiger partial charge in [-0.2, -0.15) is 0 Å². The maximum atomic E-state index is 11.4. The third-order valence-corrected chi connectivity index (χ3v) is 4.11. The molecule has 0 fully saturated rings. The van der Waals surface area contributed by atoms with Crippen molar-refractivity contribution in [2.45, 2.75) is 26.3 Å². The molecule has 1 atom stereocenters. The summed E-state index contributed by atoms with van der Waals surface area (Å²) < 4.78 is 4.74. The van der Waals surface area contributed by atoms with Gasteiger partial charge in [-0.1, -0.05) is 19.1 Å². The molecule has 1 heterocycles. The summed E-state index contributed by atoms with van der Waals surface area (Å²) in [6, 6.07) is 4.56. The summed E-state index contributed by atoms with van der Waals surface area (Å²) in [7, 11) is 3.48. The monoisotopic (exact) mass is 267 g/mol. The third kappa shape index (κ3) is 3.96. The zero-order valence-corrected chi connectivity index (χ0v) is 12.3. The number of methoxy groups -OCH3 is 1. The van der Waals surface area contributed by atoms with Crippen molar-refractivity contribution in [2.24, 2.45) is 0 Å². The van der Waals surface area contributed by atoms with Crippen LogP contribution in [-0.4, -0.2) is 31.6 Å². The van der Waals surface area contributed by atoms with Gasteiger partial charge in [0.25, 0.3) is 0 Å². The number of nitrogens with zero attached hydrogens (tertiary/aromatic N) is 1. The molecule has 100 valence electrons. The molecule has 4 heteroatoms. The third-order valence-electron chi connectivity index (χ3n) is 3.07. The number of likely N-dealkylation sites (N-methyl/N-ethyl adjacent to an activating group) is 1. The normalized spacial score (nSPS) is 13.7. The Hall–Kier alpha value is -1.13. The van der Waals surface area contributed by atoms with E-state index in [9.17, 15) is 4.79 Å². The second-order valence-corrected chi connectivity index (χ2v) is 5.18. The van der Waals surface area contributed by atoms with Gasteiger partial charge in [-0.15, -0.1) is 11.3 Å². The number of carbonyl (C=O) groups is 1. The lowest BCUT2D eigenvalue weighted by molar-refractivity contribution is -0.136. The quantitative estimate of drug-likeness (QED) is 0.585. The molecule has 0 N–H and O–H groups in total. The fourth-order valence-electron chi connectivity index (χ4n) is 1.66. The summed E-state index contributed by atoms with van der Waals surface area (Å²) >= 11 is 1.76.